The maximum atomic E-state index is 13.1. The van der Waals surface area contributed by atoms with Gasteiger partial charge in [0, 0.05) is 0 Å². The summed E-state index contributed by atoms with van der Waals surface area (Å²) in [6.45, 7) is 0. The highest BCUT2D eigenvalue weighted by atomic mass is 32.2. The molecule has 0 saturated carbocycles. The molecule has 130 valence electrons. The average Bonchev–Trinajstić information content (AvgIpc) is 2.34. The van der Waals surface area contributed by atoms with Crippen LogP contribution in [0.25, 0.3) is 0 Å². The molecule has 0 bridgehead atoms. The number of hydrogen-bond acceptors (Lipinski definition) is 3. The Morgan fingerprint density at radius 1 is 1.04 bits per heavy atom. The molecule has 0 heterocycles. The first-order valence-electron chi connectivity index (χ1n) is 6.09. The number of halogens is 6. The number of alkyl halides is 6. The van der Waals surface area contributed by atoms with Crippen LogP contribution in [0.4, 0.5) is 26.3 Å². The molecule has 12 heteroatoms. The van der Waals surface area contributed by atoms with Crippen molar-refractivity contribution in [2.75, 3.05) is 5.75 Å². The minimum Gasteiger partial charge on any atom is -0.467 e. The minimum atomic E-state index is -6.14. The Kier molecular flexibility index (Phi) is 5.31. The topological polar surface area (TPSA) is 63.6 Å². The quantitative estimate of drug-likeness (QED) is 0.493. The van der Waals surface area contributed by atoms with Crippen molar-refractivity contribution in [3.05, 3.63) is 29.8 Å². The van der Waals surface area contributed by atoms with Gasteiger partial charge in [0.25, 0.3) is 10.1 Å². The highest BCUT2D eigenvalue weighted by Crippen LogP contribution is 2.47. The molecule has 0 aliphatic heterocycles. The van der Waals surface area contributed by atoms with E-state index in [1.54, 1.807) is 0 Å². The number of ether oxygens (including phenoxy) is 1. The molecule has 0 radical (unpaired) electrons. The Balaban J connectivity index is 3.56. The molecular weight excluding hydrogens is 353 g/mol. The largest absolute Gasteiger partial charge is 0.467 e. The second-order valence-electron chi connectivity index (χ2n) is 4.61. The van der Waals surface area contributed by atoms with Crippen LogP contribution in [0, 0.1) is 0 Å². The molecule has 0 spiro atoms. The fourth-order valence-electron chi connectivity index (χ4n) is 1.81. The van der Waals surface area contributed by atoms with Gasteiger partial charge in [-0.25, -0.2) is 0 Å². The number of rotatable bonds is 5. The van der Waals surface area contributed by atoms with Crippen LogP contribution in [-0.2, 0) is 16.4 Å². The molecule has 0 fully saturated rings. The molecule has 0 aliphatic carbocycles. The summed E-state index contributed by atoms with van der Waals surface area (Å²) in [5, 5.41) is 0. The summed E-state index contributed by atoms with van der Waals surface area (Å²) in [4.78, 5) is 0. The van der Waals surface area contributed by atoms with Crippen LogP contribution >= 0.6 is 0 Å². The van der Waals surface area contributed by atoms with Gasteiger partial charge in [0.15, 0.2) is 0 Å². The van der Waals surface area contributed by atoms with Crippen LogP contribution in [0.3, 0.4) is 0 Å². The molecule has 1 aromatic carbocycles. The second kappa shape index (κ2) is 6.23. The number of benzene rings is 1. The van der Waals surface area contributed by atoms with E-state index in [9.17, 15) is 34.8 Å². The smallest absolute Gasteiger partial charge is 0.438 e. The monoisotopic (exact) mass is 364 g/mol. The van der Waals surface area contributed by atoms with Crippen LogP contribution < -0.4 is 4.74 Å². The Labute approximate surface area is 128 Å². The Bertz CT molecular complexity index is 641. The fraction of sp³-hybridized carbons (Fsp3) is 0.455. The van der Waals surface area contributed by atoms with Gasteiger partial charge in [0.1, 0.15) is 19.3 Å². The zero-order chi connectivity index (χ0) is 18.1. The molecule has 0 aliphatic rings. The van der Waals surface area contributed by atoms with E-state index in [1.807, 2.05) is 0 Å². The molecule has 1 aromatic rings. The third kappa shape index (κ3) is 4.31. The Hall–Kier alpha value is -1.43. The van der Waals surface area contributed by atoms with Gasteiger partial charge in [-0.05, 0) is 11.6 Å². The molecule has 0 saturated heterocycles. The Morgan fingerprint density at radius 2 is 1.52 bits per heavy atom. The summed E-state index contributed by atoms with van der Waals surface area (Å²) >= 11 is 0. The van der Waals surface area contributed by atoms with Crippen LogP contribution in [0.2, 0.25) is 0 Å². The van der Waals surface area contributed by atoms with E-state index < -0.39 is 39.6 Å². The highest BCUT2D eigenvalue weighted by Gasteiger charge is 2.75. The van der Waals surface area contributed by atoms with Crippen molar-refractivity contribution in [2.24, 2.45) is 0 Å². The van der Waals surface area contributed by atoms with E-state index in [0.29, 0.717) is 0 Å². The van der Waals surface area contributed by atoms with Gasteiger partial charge < -0.3 is 4.74 Å². The first-order chi connectivity index (χ1) is 10.2. The SMILES string of the molecule is BCc1ccccc1OC(CS(=O)(=O)O)(C(F)(F)F)C(F)(F)F. The van der Waals surface area contributed by atoms with Crippen molar-refractivity contribution in [3.8, 4) is 5.75 Å². The van der Waals surface area contributed by atoms with Crippen molar-refractivity contribution in [3.63, 3.8) is 0 Å². The summed E-state index contributed by atoms with van der Waals surface area (Å²) in [6, 6.07) is 4.60. The predicted molar refractivity (Wildman–Crippen MR) is 70.6 cm³/mol. The summed E-state index contributed by atoms with van der Waals surface area (Å²) < 4.78 is 113. The maximum absolute atomic E-state index is 13.1. The van der Waals surface area contributed by atoms with Gasteiger partial charge in [-0.3, -0.25) is 4.55 Å². The van der Waals surface area contributed by atoms with E-state index in [4.69, 9.17) is 4.55 Å². The zero-order valence-electron chi connectivity index (χ0n) is 11.6. The van der Waals surface area contributed by atoms with Gasteiger partial charge in [-0.2, -0.15) is 34.8 Å². The lowest BCUT2D eigenvalue weighted by Gasteiger charge is -2.36. The van der Waals surface area contributed by atoms with Crippen molar-refractivity contribution < 1.29 is 44.0 Å². The van der Waals surface area contributed by atoms with E-state index in [1.165, 1.54) is 20.0 Å². The molecule has 0 aromatic heterocycles. The lowest BCUT2D eigenvalue weighted by Crippen LogP contribution is -2.64. The first kappa shape index (κ1) is 19.6. The molecule has 1 N–H and O–H groups in total. The maximum Gasteiger partial charge on any atom is 0.438 e. The van der Waals surface area contributed by atoms with Crippen LogP contribution in [0.15, 0.2) is 24.3 Å². The van der Waals surface area contributed by atoms with Gasteiger partial charge in [-0.1, -0.05) is 24.5 Å². The van der Waals surface area contributed by atoms with Gasteiger partial charge in [0.05, 0.1) is 0 Å². The van der Waals surface area contributed by atoms with Crippen molar-refractivity contribution >= 4 is 18.0 Å². The van der Waals surface area contributed by atoms with E-state index >= 15 is 0 Å². The van der Waals surface area contributed by atoms with Crippen molar-refractivity contribution in [2.45, 2.75) is 24.3 Å². The third-order valence-electron chi connectivity index (χ3n) is 2.94. The molecule has 4 nitrogen and oxygen atoms in total. The van der Waals surface area contributed by atoms with Crippen molar-refractivity contribution in [1.82, 2.24) is 0 Å². The molecule has 1 rings (SSSR count). The average molecular weight is 364 g/mol. The first-order valence-corrected chi connectivity index (χ1v) is 7.70. The summed E-state index contributed by atoms with van der Waals surface area (Å²) in [7, 11) is -4.19. The standard InChI is InChI=1S/C11H11BF6O4S/c12-5-7-3-1-2-4-8(7)22-9(10(13,14)15,11(16,17)18)6-23(19,20)21/h1-4H,5-6,12H2,(H,19,20,21). The zero-order valence-corrected chi connectivity index (χ0v) is 12.4. The molecule has 23 heavy (non-hydrogen) atoms. The van der Waals surface area contributed by atoms with E-state index in [0.717, 1.165) is 12.1 Å². The van der Waals surface area contributed by atoms with Gasteiger partial charge >= 0.3 is 18.0 Å². The summed E-state index contributed by atoms with van der Waals surface area (Å²) in [5.41, 5.74) is -5.07. The number of hydrogen-bond donors (Lipinski definition) is 1. The fourth-order valence-corrected chi connectivity index (χ4v) is 2.71. The van der Waals surface area contributed by atoms with Crippen LogP contribution in [-0.4, -0.2) is 44.5 Å². The second-order valence-corrected chi connectivity index (χ2v) is 6.06. The number of para-hydroxylation sites is 1. The lowest BCUT2D eigenvalue weighted by atomic mass is 9.96. The van der Waals surface area contributed by atoms with Gasteiger partial charge in [0.2, 0.25) is 0 Å². The summed E-state index contributed by atoms with van der Waals surface area (Å²) in [6.07, 6.45) is -12.2. The molecule has 0 unspecified atom stereocenters. The van der Waals surface area contributed by atoms with E-state index in [-0.39, 0.29) is 11.9 Å². The lowest BCUT2D eigenvalue weighted by molar-refractivity contribution is -0.348. The minimum absolute atomic E-state index is 0.0145. The molecule has 0 amide bonds. The van der Waals surface area contributed by atoms with Gasteiger partial charge in [-0.15, -0.1) is 0 Å². The normalized spacial score (nSPS) is 13.9. The molecular formula is C11H11BF6O4S. The van der Waals surface area contributed by atoms with Crippen LogP contribution in [0.1, 0.15) is 5.56 Å². The highest BCUT2D eigenvalue weighted by molar-refractivity contribution is 7.85. The Morgan fingerprint density at radius 3 is 1.91 bits per heavy atom. The van der Waals surface area contributed by atoms with Crippen LogP contribution in [0.5, 0.6) is 5.75 Å². The molecule has 0 atom stereocenters. The third-order valence-corrected chi connectivity index (χ3v) is 3.71. The van der Waals surface area contributed by atoms with Crippen molar-refractivity contribution in [1.29, 1.82) is 0 Å². The summed E-state index contributed by atoms with van der Waals surface area (Å²) in [5.74, 6) is -3.47. The predicted octanol–water partition coefficient (Wildman–Crippen LogP) is 1.95. The van der Waals surface area contributed by atoms with E-state index in [2.05, 4.69) is 4.74 Å².